The topological polar surface area (TPSA) is 136 Å². The van der Waals surface area contributed by atoms with E-state index in [-0.39, 0.29) is 19.6 Å². The van der Waals surface area contributed by atoms with Gasteiger partial charge in [-0.05, 0) is 28.6 Å². The van der Waals surface area contributed by atoms with Gasteiger partial charge in [-0.1, -0.05) is 70.9 Å². The SMILES string of the molecule is [N-]=[N+]=N[C@@H]1C[C@@H](N=[N+]=[N-])[C@H](OCc2ccccc2)[C@@H](OCc2ccccc2)[C@@H]1O. The average molecular weight is 394 g/mol. The molecule has 1 aliphatic carbocycles. The normalized spacial score (nSPS) is 26.2. The lowest BCUT2D eigenvalue weighted by atomic mass is 9.84. The van der Waals surface area contributed by atoms with Gasteiger partial charge in [0.1, 0.15) is 6.10 Å². The van der Waals surface area contributed by atoms with Gasteiger partial charge < -0.3 is 14.6 Å². The van der Waals surface area contributed by atoms with Gasteiger partial charge in [0, 0.05) is 9.82 Å². The molecule has 9 nitrogen and oxygen atoms in total. The van der Waals surface area contributed by atoms with E-state index in [1.165, 1.54) is 0 Å². The summed E-state index contributed by atoms with van der Waals surface area (Å²) in [7, 11) is 0. The fourth-order valence-corrected chi connectivity index (χ4v) is 3.45. The molecular weight excluding hydrogens is 372 g/mol. The van der Waals surface area contributed by atoms with Gasteiger partial charge in [-0.25, -0.2) is 0 Å². The third kappa shape index (κ3) is 5.48. The highest BCUT2D eigenvalue weighted by molar-refractivity contribution is 5.15. The molecule has 1 N–H and O–H groups in total. The van der Waals surface area contributed by atoms with Crippen molar-refractivity contribution in [3.63, 3.8) is 0 Å². The Hall–Kier alpha value is -3.06. The van der Waals surface area contributed by atoms with E-state index in [1.54, 1.807) is 0 Å². The van der Waals surface area contributed by atoms with Crippen LogP contribution in [0.1, 0.15) is 17.5 Å². The highest BCUT2D eigenvalue weighted by Gasteiger charge is 2.45. The molecule has 3 rings (SSSR count). The van der Waals surface area contributed by atoms with Gasteiger partial charge in [-0.3, -0.25) is 0 Å². The van der Waals surface area contributed by atoms with Crippen LogP contribution >= 0.6 is 0 Å². The number of aliphatic hydroxyl groups is 1. The van der Waals surface area contributed by atoms with Gasteiger partial charge in [0.2, 0.25) is 0 Å². The number of aliphatic hydroxyl groups excluding tert-OH is 1. The van der Waals surface area contributed by atoms with Gasteiger partial charge in [0.25, 0.3) is 0 Å². The first-order chi connectivity index (χ1) is 14.2. The number of hydrogen-bond acceptors (Lipinski definition) is 5. The second-order valence-corrected chi connectivity index (χ2v) is 6.79. The van der Waals surface area contributed by atoms with E-state index in [9.17, 15) is 5.11 Å². The Labute approximate surface area is 168 Å². The molecule has 0 aliphatic heterocycles. The number of rotatable bonds is 8. The zero-order valence-corrected chi connectivity index (χ0v) is 15.7. The predicted molar refractivity (Wildman–Crippen MR) is 107 cm³/mol. The largest absolute Gasteiger partial charge is 0.390 e. The Morgan fingerprint density at radius 2 is 1.28 bits per heavy atom. The van der Waals surface area contributed by atoms with E-state index >= 15 is 0 Å². The van der Waals surface area contributed by atoms with E-state index in [1.807, 2.05) is 60.7 Å². The summed E-state index contributed by atoms with van der Waals surface area (Å²) >= 11 is 0. The summed E-state index contributed by atoms with van der Waals surface area (Å²) in [4.78, 5) is 5.72. The fraction of sp³-hybridized carbons (Fsp3) is 0.400. The predicted octanol–water partition coefficient (Wildman–Crippen LogP) is 4.28. The molecule has 0 radical (unpaired) electrons. The van der Waals surface area contributed by atoms with Crippen molar-refractivity contribution in [3.8, 4) is 0 Å². The van der Waals surface area contributed by atoms with Crippen LogP contribution in [0.15, 0.2) is 70.9 Å². The van der Waals surface area contributed by atoms with Crippen LogP contribution in [0.3, 0.4) is 0 Å². The van der Waals surface area contributed by atoms with Crippen LogP contribution in [0.25, 0.3) is 20.9 Å². The van der Waals surface area contributed by atoms with Crippen molar-refractivity contribution in [1.29, 1.82) is 0 Å². The molecule has 9 heteroatoms. The molecule has 2 aromatic rings. The molecule has 0 saturated heterocycles. The molecule has 5 atom stereocenters. The Kier molecular flexibility index (Phi) is 7.47. The Morgan fingerprint density at radius 3 is 1.79 bits per heavy atom. The smallest absolute Gasteiger partial charge is 0.111 e. The Morgan fingerprint density at radius 1 is 0.793 bits per heavy atom. The first-order valence-electron chi connectivity index (χ1n) is 9.30. The number of ether oxygens (including phenoxy) is 2. The molecule has 0 amide bonds. The van der Waals surface area contributed by atoms with E-state index in [2.05, 4.69) is 20.1 Å². The van der Waals surface area contributed by atoms with Gasteiger partial charge in [-0.2, -0.15) is 0 Å². The summed E-state index contributed by atoms with van der Waals surface area (Å²) in [6.07, 6.45) is -2.41. The third-order valence-corrected chi connectivity index (χ3v) is 4.89. The molecule has 0 aromatic heterocycles. The first-order valence-corrected chi connectivity index (χ1v) is 9.30. The van der Waals surface area contributed by atoms with Crippen molar-refractivity contribution in [1.82, 2.24) is 0 Å². The molecule has 0 spiro atoms. The minimum Gasteiger partial charge on any atom is -0.390 e. The Bertz CT molecular complexity index is 868. The number of nitrogens with zero attached hydrogens (tertiary/aromatic N) is 6. The molecule has 29 heavy (non-hydrogen) atoms. The van der Waals surface area contributed by atoms with Gasteiger partial charge in [0.05, 0.1) is 37.5 Å². The monoisotopic (exact) mass is 394 g/mol. The van der Waals surface area contributed by atoms with Crippen molar-refractivity contribution < 1.29 is 14.6 Å². The Balaban J connectivity index is 1.82. The van der Waals surface area contributed by atoms with E-state index in [0.29, 0.717) is 0 Å². The summed E-state index contributed by atoms with van der Waals surface area (Å²) in [6, 6.07) is 17.7. The van der Waals surface area contributed by atoms with E-state index in [4.69, 9.17) is 20.5 Å². The van der Waals surface area contributed by atoms with Gasteiger partial charge >= 0.3 is 0 Å². The molecule has 1 fully saturated rings. The van der Waals surface area contributed by atoms with Crippen LogP contribution in [-0.2, 0) is 22.7 Å². The summed E-state index contributed by atoms with van der Waals surface area (Å²) in [6.45, 7) is 0.507. The maximum absolute atomic E-state index is 10.8. The summed E-state index contributed by atoms with van der Waals surface area (Å²) < 4.78 is 12.0. The third-order valence-electron chi connectivity index (χ3n) is 4.89. The van der Waals surface area contributed by atoms with Crippen molar-refractivity contribution in [3.05, 3.63) is 92.7 Å². The molecular formula is C20H22N6O3. The highest BCUT2D eigenvalue weighted by atomic mass is 16.5. The fourth-order valence-electron chi connectivity index (χ4n) is 3.45. The second kappa shape index (κ2) is 10.5. The van der Waals surface area contributed by atoms with Crippen LogP contribution in [-0.4, -0.2) is 35.5 Å². The quantitative estimate of drug-likeness (QED) is 0.406. The molecule has 0 heterocycles. The number of benzene rings is 2. The van der Waals surface area contributed by atoms with Crippen molar-refractivity contribution in [2.24, 2.45) is 10.2 Å². The molecule has 0 bridgehead atoms. The summed E-state index contributed by atoms with van der Waals surface area (Å²) in [5, 5.41) is 18.3. The van der Waals surface area contributed by atoms with Gasteiger partial charge in [-0.15, -0.1) is 0 Å². The van der Waals surface area contributed by atoms with E-state index in [0.717, 1.165) is 11.1 Å². The van der Waals surface area contributed by atoms with E-state index < -0.39 is 30.4 Å². The molecule has 1 aliphatic rings. The zero-order chi connectivity index (χ0) is 20.5. The van der Waals surface area contributed by atoms with Gasteiger partial charge in [0.15, 0.2) is 0 Å². The van der Waals surface area contributed by atoms with Crippen LogP contribution in [0, 0.1) is 0 Å². The molecule has 0 unspecified atom stereocenters. The first kappa shape index (κ1) is 20.7. The van der Waals surface area contributed by atoms with Crippen molar-refractivity contribution >= 4 is 0 Å². The van der Waals surface area contributed by atoms with Crippen molar-refractivity contribution in [2.75, 3.05) is 0 Å². The summed E-state index contributed by atoms with van der Waals surface area (Å²) in [5.41, 5.74) is 19.7. The minimum absolute atomic E-state index is 0.180. The maximum Gasteiger partial charge on any atom is 0.111 e. The van der Waals surface area contributed by atoms with Crippen LogP contribution in [0.5, 0.6) is 0 Å². The lowest BCUT2D eigenvalue weighted by Crippen LogP contribution is -2.56. The number of hydrogen-bond donors (Lipinski definition) is 1. The zero-order valence-electron chi connectivity index (χ0n) is 15.7. The number of azide groups is 2. The standard InChI is InChI=1S/C20H22N6O3/c21-25-23-16-11-17(24-26-22)19(28-12-14-7-3-1-4-8-14)20(18(16)27)29-13-15-9-5-2-6-10-15/h1-10,16-20,27H,11-13H2/t16-,17-,18-,19+,20+/m1/s1. The van der Waals surface area contributed by atoms with Crippen LogP contribution < -0.4 is 0 Å². The molecule has 1 saturated carbocycles. The molecule has 2 aromatic carbocycles. The second-order valence-electron chi connectivity index (χ2n) is 6.79. The highest BCUT2D eigenvalue weighted by Crippen LogP contribution is 2.31. The minimum atomic E-state index is -1.08. The lowest BCUT2D eigenvalue weighted by Gasteiger charge is -2.41. The molecule has 150 valence electrons. The maximum atomic E-state index is 10.8. The lowest BCUT2D eigenvalue weighted by molar-refractivity contribution is -0.162. The van der Waals surface area contributed by atoms with Crippen LogP contribution in [0.2, 0.25) is 0 Å². The summed E-state index contributed by atoms with van der Waals surface area (Å²) in [5.74, 6) is 0. The van der Waals surface area contributed by atoms with Crippen molar-refractivity contribution in [2.45, 2.75) is 50.0 Å². The average Bonchev–Trinajstić information content (AvgIpc) is 2.76. The van der Waals surface area contributed by atoms with Crippen LogP contribution in [0.4, 0.5) is 0 Å².